The maximum atomic E-state index is 12.0. The normalized spacial score (nSPS) is 18.3. The summed E-state index contributed by atoms with van der Waals surface area (Å²) in [5, 5.41) is 3.27. The molecule has 0 aliphatic carbocycles. The number of benzene rings is 1. The lowest BCUT2D eigenvalue weighted by atomic mass is 10.2. The summed E-state index contributed by atoms with van der Waals surface area (Å²) in [5.74, 6) is -0.257. The third-order valence-electron chi connectivity index (χ3n) is 3.65. The summed E-state index contributed by atoms with van der Waals surface area (Å²) < 4.78 is 30.5. The van der Waals surface area contributed by atoms with E-state index >= 15 is 0 Å². The van der Waals surface area contributed by atoms with Crippen LogP contribution in [0.15, 0.2) is 24.3 Å². The Morgan fingerprint density at radius 1 is 1.39 bits per heavy atom. The topological polar surface area (TPSA) is 75.7 Å². The molecule has 1 N–H and O–H groups in total. The fourth-order valence-corrected chi connectivity index (χ4v) is 3.39. The summed E-state index contributed by atoms with van der Waals surface area (Å²) in [7, 11) is -3.34. The van der Waals surface area contributed by atoms with Crippen LogP contribution < -0.4 is 5.32 Å². The van der Waals surface area contributed by atoms with Crippen molar-refractivity contribution in [3.05, 3.63) is 34.9 Å². The second-order valence-corrected chi connectivity index (χ2v) is 7.94. The molecule has 1 aliphatic rings. The van der Waals surface area contributed by atoms with Crippen LogP contribution in [-0.4, -0.2) is 57.2 Å². The number of carbonyl (C=O) groups is 1. The van der Waals surface area contributed by atoms with Gasteiger partial charge >= 0.3 is 0 Å². The zero-order valence-electron chi connectivity index (χ0n) is 13.0. The molecule has 1 saturated heterocycles. The van der Waals surface area contributed by atoms with Gasteiger partial charge in [0.05, 0.1) is 12.4 Å². The summed E-state index contributed by atoms with van der Waals surface area (Å²) in [4.78, 5) is 12.0. The first-order chi connectivity index (χ1) is 10.9. The largest absolute Gasteiger partial charge is 0.377 e. The van der Waals surface area contributed by atoms with Crippen molar-refractivity contribution >= 4 is 27.5 Å². The quantitative estimate of drug-likeness (QED) is 0.799. The number of hydrogen-bond acceptors (Lipinski definition) is 4. The molecule has 0 spiro atoms. The minimum Gasteiger partial charge on any atom is -0.377 e. The maximum Gasteiger partial charge on any atom is 0.251 e. The van der Waals surface area contributed by atoms with E-state index < -0.39 is 10.0 Å². The summed E-state index contributed by atoms with van der Waals surface area (Å²) in [5.41, 5.74) is 0.486. The van der Waals surface area contributed by atoms with Gasteiger partial charge in [-0.25, -0.2) is 8.42 Å². The van der Waals surface area contributed by atoms with Crippen LogP contribution in [0.5, 0.6) is 0 Å². The molecule has 1 heterocycles. The second kappa shape index (κ2) is 8.10. The monoisotopic (exact) mass is 360 g/mol. The predicted molar refractivity (Wildman–Crippen MR) is 89.2 cm³/mol. The van der Waals surface area contributed by atoms with Gasteiger partial charge in [0.15, 0.2) is 0 Å². The van der Waals surface area contributed by atoms with E-state index in [1.807, 2.05) is 0 Å². The average Bonchev–Trinajstić information content (AvgIpc) is 2.99. The number of hydrogen-bond donors (Lipinski definition) is 1. The van der Waals surface area contributed by atoms with Gasteiger partial charge < -0.3 is 10.1 Å². The van der Waals surface area contributed by atoms with Crippen molar-refractivity contribution in [1.29, 1.82) is 0 Å². The molecule has 1 aromatic rings. The minimum atomic E-state index is -3.34. The molecule has 1 atom stereocenters. The van der Waals surface area contributed by atoms with E-state index in [-0.39, 0.29) is 25.1 Å². The molecule has 1 aromatic carbocycles. The third-order valence-corrected chi connectivity index (χ3v) is 5.18. The van der Waals surface area contributed by atoms with Crippen LogP contribution >= 0.6 is 11.6 Å². The molecule has 23 heavy (non-hydrogen) atoms. The number of rotatable bonds is 7. The van der Waals surface area contributed by atoms with Crippen LogP contribution in [0, 0.1) is 0 Å². The lowest BCUT2D eigenvalue weighted by molar-refractivity contribution is 0.0911. The van der Waals surface area contributed by atoms with Crippen LogP contribution in [0.4, 0.5) is 0 Å². The summed E-state index contributed by atoms with van der Waals surface area (Å²) in [6, 6.07) is 6.52. The van der Waals surface area contributed by atoms with Crippen molar-refractivity contribution < 1.29 is 17.9 Å². The fraction of sp³-hybridized carbons (Fsp3) is 0.533. The first kappa shape index (κ1) is 18.2. The highest BCUT2D eigenvalue weighted by atomic mass is 35.5. The van der Waals surface area contributed by atoms with E-state index in [9.17, 15) is 13.2 Å². The SMILES string of the molecule is CS(=O)(=O)N(CCNC(=O)c1ccc(Cl)cc1)CC1CCCO1. The van der Waals surface area contributed by atoms with Gasteiger partial charge in [0.25, 0.3) is 5.91 Å². The number of amides is 1. The zero-order valence-corrected chi connectivity index (χ0v) is 14.6. The Labute approximate surface area is 141 Å². The van der Waals surface area contributed by atoms with Crippen molar-refractivity contribution in [3.63, 3.8) is 0 Å². The molecule has 0 bridgehead atoms. The minimum absolute atomic E-state index is 0.0586. The van der Waals surface area contributed by atoms with Crippen molar-refractivity contribution in [3.8, 4) is 0 Å². The highest BCUT2D eigenvalue weighted by molar-refractivity contribution is 7.88. The van der Waals surface area contributed by atoms with E-state index in [0.29, 0.717) is 23.7 Å². The molecule has 0 saturated carbocycles. The highest BCUT2D eigenvalue weighted by Gasteiger charge is 2.24. The van der Waals surface area contributed by atoms with Gasteiger partial charge in [-0.15, -0.1) is 0 Å². The van der Waals surface area contributed by atoms with Gasteiger partial charge in [-0.05, 0) is 37.1 Å². The molecule has 1 aliphatic heterocycles. The van der Waals surface area contributed by atoms with Crippen LogP contribution in [0.2, 0.25) is 5.02 Å². The van der Waals surface area contributed by atoms with Crippen molar-refractivity contribution in [2.45, 2.75) is 18.9 Å². The number of nitrogens with zero attached hydrogens (tertiary/aromatic N) is 1. The van der Waals surface area contributed by atoms with Crippen LogP contribution in [0.1, 0.15) is 23.2 Å². The van der Waals surface area contributed by atoms with Gasteiger partial charge in [-0.1, -0.05) is 11.6 Å². The maximum absolute atomic E-state index is 12.0. The summed E-state index contributed by atoms with van der Waals surface area (Å²) in [6.07, 6.45) is 2.93. The molecule has 6 nitrogen and oxygen atoms in total. The van der Waals surface area contributed by atoms with Crippen molar-refractivity contribution in [1.82, 2.24) is 9.62 Å². The van der Waals surface area contributed by atoms with E-state index in [4.69, 9.17) is 16.3 Å². The van der Waals surface area contributed by atoms with Gasteiger partial charge in [-0.2, -0.15) is 4.31 Å². The van der Waals surface area contributed by atoms with Crippen molar-refractivity contribution in [2.75, 3.05) is 32.5 Å². The fourth-order valence-electron chi connectivity index (χ4n) is 2.41. The number of carbonyl (C=O) groups excluding carboxylic acids is 1. The Morgan fingerprint density at radius 2 is 2.09 bits per heavy atom. The summed E-state index contributed by atoms with van der Waals surface area (Å²) in [6.45, 7) is 1.46. The van der Waals surface area contributed by atoms with Gasteiger partial charge in [-0.3, -0.25) is 4.79 Å². The number of halogens is 1. The average molecular weight is 361 g/mol. The van der Waals surface area contributed by atoms with E-state index in [1.165, 1.54) is 10.6 Å². The molecule has 0 aromatic heterocycles. The second-order valence-electron chi connectivity index (χ2n) is 5.52. The molecule has 0 radical (unpaired) electrons. The van der Waals surface area contributed by atoms with Crippen LogP contribution in [0.3, 0.4) is 0 Å². The first-order valence-corrected chi connectivity index (χ1v) is 9.69. The van der Waals surface area contributed by atoms with E-state index in [1.54, 1.807) is 24.3 Å². The van der Waals surface area contributed by atoms with Crippen molar-refractivity contribution in [2.24, 2.45) is 0 Å². The molecular weight excluding hydrogens is 340 g/mol. The third kappa shape index (κ3) is 5.76. The standard InChI is InChI=1S/C15H21ClN2O4S/c1-23(20,21)18(11-14-3-2-10-22-14)9-8-17-15(19)12-4-6-13(16)7-5-12/h4-7,14H,2-3,8-11H2,1H3,(H,17,19). The number of nitrogens with one attached hydrogen (secondary N) is 1. The Kier molecular flexibility index (Phi) is 6.41. The van der Waals surface area contributed by atoms with E-state index in [2.05, 4.69) is 5.32 Å². The van der Waals surface area contributed by atoms with Gasteiger partial charge in [0.2, 0.25) is 10.0 Å². The van der Waals surface area contributed by atoms with E-state index in [0.717, 1.165) is 12.8 Å². The van der Waals surface area contributed by atoms with Gasteiger partial charge in [0, 0.05) is 36.8 Å². The van der Waals surface area contributed by atoms with Crippen LogP contribution in [-0.2, 0) is 14.8 Å². The van der Waals surface area contributed by atoms with Crippen LogP contribution in [0.25, 0.3) is 0 Å². The molecular formula is C15H21ClN2O4S. The smallest absolute Gasteiger partial charge is 0.251 e. The number of ether oxygens (including phenoxy) is 1. The Morgan fingerprint density at radius 3 is 2.65 bits per heavy atom. The molecule has 1 unspecified atom stereocenters. The Bertz CT molecular complexity index is 627. The molecule has 1 fully saturated rings. The molecule has 128 valence electrons. The number of sulfonamides is 1. The zero-order chi connectivity index (χ0) is 16.9. The summed E-state index contributed by atoms with van der Waals surface area (Å²) >= 11 is 5.78. The molecule has 2 rings (SSSR count). The Hall–Kier alpha value is -1.15. The lowest BCUT2D eigenvalue weighted by Crippen LogP contribution is -2.41. The molecule has 1 amide bonds. The highest BCUT2D eigenvalue weighted by Crippen LogP contribution is 2.14. The molecule has 8 heteroatoms. The predicted octanol–water partition coefficient (Wildman–Crippen LogP) is 1.51. The Balaban J connectivity index is 1.85. The van der Waals surface area contributed by atoms with Gasteiger partial charge in [0.1, 0.15) is 0 Å². The first-order valence-electron chi connectivity index (χ1n) is 7.47. The lowest BCUT2D eigenvalue weighted by Gasteiger charge is -2.23.